The van der Waals surface area contributed by atoms with Gasteiger partial charge in [0, 0.05) is 0 Å². The van der Waals surface area contributed by atoms with Crippen LogP contribution in [0.15, 0.2) is 65.3 Å². The molecule has 0 aromatic carbocycles. The van der Waals surface area contributed by atoms with Crippen LogP contribution in [0.1, 0.15) is 38.5 Å². The first kappa shape index (κ1) is 17.7. The average molecular weight is 425 g/mol. The first-order chi connectivity index (χ1) is 10.4. The van der Waals surface area contributed by atoms with Crippen molar-refractivity contribution in [1.82, 2.24) is 0 Å². The molecule has 0 aromatic rings. The van der Waals surface area contributed by atoms with E-state index < -0.39 is 20.3 Å². The van der Waals surface area contributed by atoms with Gasteiger partial charge in [0.2, 0.25) is 0 Å². The largest absolute Gasteiger partial charge is 1.00 e. The summed E-state index contributed by atoms with van der Waals surface area (Å²) in [5.74, 6) is 0. The second kappa shape index (κ2) is 6.66. The molecule has 0 bridgehead atoms. The molecule has 0 N–H and O–H groups in total. The van der Waals surface area contributed by atoms with Crippen molar-refractivity contribution in [1.29, 1.82) is 0 Å². The summed E-state index contributed by atoms with van der Waals surface area (Å²) in [6.45, 7) is 0. The van der Waals surface area contributed by atoms with Gasteiger partial charge in [0.1, 0.15) is 0 Å². The van der Waals surface area contributed by atoms with Crippen molar-refractivity contribution in [3.05, 3.63) is 65.3 Å². The van der Waals surface area contributed by atoms with Gasteiger partial charge in [-0.3, -0.25) is 0 Å². The van der Waals surface area contributed by atoms with E-state index in [9.17, 15) is 0 Å². The summed E-state index contributed by atoms with van der Waals surface area (Å²) in [5.41, 5.74) is 6.70. The number of hydrogen-bond acceptors (Lipinski definition) is 0. The van der Waals surface area contributed by atoms with Gasteiger partial charge in [-0.2, -0.15) is 0 Å². The Hall–Kier alpha value is -0.0969. The second-order valence-corrected chi connectivity index (χ2v) is 17.6. The number of fused-ring (bicyclic) bond motifs is 2. The molecule has 0 nitrogen and oxygen atoms in total. The topological polar surface area (TPSA) is 0 Å². The Balaban J connectivity index is 0.000000781. The molecule has 1 fully saturated rings. The van der Waals surface area contributed by atoms with E-state index in [1.54, 1.807) is 30.5 Å². The summed E-state index contributed by atoms with van der Waals surface area (Å²) in [5, 5.41) is 0. The minimum atomic E-state index is -2.19. The molecule has 0 aromatic heterocycles. The van der Waals surface area contributed by atoms with Crippen molar-refractivity contribution in [2.75, 3.05) is 0 Å². The summed E-state index contributed by atoms with van der Waals surface area (Å²) in [4.78, 5) is 0. The van der Waals surface area contributed by atoms with Crippen molar-refractivity contribution in [3.63, 3.8) is 0 Å². The minimum Gasteiger partial charge on any atom is -1.00 e. The fourth-order valence-corrected chi connectivity index (χ4v) is 18.1. The van der Waals surface area contributed by atoms with Gasteiger partial charge in [-0.1, -0.05) is 0 Å². The van der Waals surface area contributed by atoms with E-state index in [-0.39, 0.29) is 24.8 Å². The van der Waals surface area contributed by atoms with Gasteiger partial charge in [-0.15, -0.1) is 0 Å². The van der Waals surface area contributed by atoms with Crippen molar-refractivity contribution in [2.24, 2.45) is 0 Å². The Morgan fingerprint density at radius 2 is 1.13 bits per heavy atom. The van der Waals surface area contributed by atoms with E-state index in [1.165, 1.54) is 38.5 Å². The molecule has 5 aliphatic rings. The average Bonchev–Trinajstić information content (AvgIpc) is 3.03. The third-order valence-electron chi connectivity index (χ3n) is 5.95. The van der Waals surface area contributed by atoms with E-state index in [0.717, 1.165) is 0 Å². The summed E-state index contributed by atoms with van der Waals surface area (Å²) >= 11 is -2.19. The van der Waals surface area contributed by atoms with Crippen molar-refractivity contribution < 1.29 is 45.1 Å². The van der Waals surface area contributed by atoms with E-state index >= 15 is 0 Å². The predicted molar refractivity (Wildman–Crippen MR) is 85.8 cm³/mol. The molecule has 0 radical (unpaired) electrons. The van der Waals surface area contributed by atoms with E-state index in [2.05, 4.69) is 36.5 Å². The van der Waals surface area contributed by atoms with Gasteiger partial charge in [0.25, 0.3) is 0 Å². The zero-order chi connectivity index (χ0) is 13.9. The van der Waals surface area contributed by atoms with Gasteiger partial charge in [-0.05, 0) is 0 Å². The van der Waals surface area contributed by atoms with Crippen LogP contribution in [0.5, 0.6) is 0 Å². The molecule has 23 heavy (non-hydrogen) atoms. The van der Waals surface area contributed by atoms with Crippen molar-refractivity contribution in [2.45, 2.75) is 46.8 Å². The Morgan fingerprint density at radius 1 is 0.652 bits per heavy atom. The monoisotopic (exact) mass is 422 g/mol. The molecule has 1 saturated heterocycles. The van der Waals surface area contributed by atoms with Crippen LogP contribution < -0.4 is 24.8 Å². The van der Waals surface area contributed by atoms with E-state index in [0.29, 0.717) is 0 Å². The maximum Gasteiger partial charge on any atom is -1.00 e. The van der Waals surface area contributed by atoms with Crippen LogP contribution in [-0.4, -0.2) is 0 Å². The molecule has 0 amide bonds. The number of rotatable bonds is 2. The second-order valence-electron chi connectivity index (χ2n) is 7.15. The molecule has 1 heterocycles. The molecule has 0 spiro atoms. The first-order valence-corrected chi connectivity index (χ1v) is 14.6. The SMILES string of the molecule is C1=C2CCCC=C2[C]([Zr+2]2([C]3=CC=C4CCCC=C43)[CH2][CH2]2)=C1.[Cl-].[Cl-]. The molecule has 5 rings (SSSR count). The van der Waals surface area contributed by atoms with Crippen LogP contribution in [0, 0.1) is 0 Å². The number of allylic oxidation sites excluding steroid dienone is 12. The van der Waals surface area contributed by atoms with Crippen LogP contribution in [0.4, 0.5) is 0 Å². The number of halogens is 2. The van der Waals surface area contributed by atoms with Crippen LogP contribution in [0.3, 0.4) is 0 Å². The minimum absolute atomic E-state index is 0. The molecule has 120 valence electrons. The smallest absolute Gasteiger partial charge is 1.00 e. The third-order valence-corrected chi connectivity index (χ3v) is 16.9. The van der Waals surface area contributed by atoms with Crippen molar-refractivity contribution >= 4 is 0 Å². The van der Waals surface area contributed by atoms with Crippen LogP contribution in [0.25, 0.3) is 0 Å². The molecular formula is C20H22Cl2Zr. The maximum absolute atomic E-state index is 2.56. The first-order valence-electron chi connectivity index (χ1n) is 8.63. The normalized spacial score (nSPS) is 24.7. The molecule has 0 saturated carbocycles. The third kappa shape index (κ3) is 2.68. The van der Waals surface area contributed by atoms with E-state index in [4.69, 9.17) is 0 Å². The predicted octanol–water partition coefficient (Wildman–Crippen LogP) is -0.133. The Bertz CT molecular complexity index is 654. The zero-order valence-electron chi connectivity index (χ0n) is 13.4. The van der Waals surface area contributed by atoms with Crippen LogP contribution >= 0.6 is 0 Å². The molecule has 0 unspecified atom stereocenters. The molecular weight excluding hydrogens is 402 g/mol. The standard InChI is InChI=1S/2C9H9.C2H4.2ClH.Zr/c2*1-2-5-9-7-3-6-8(9)4-1;1-2;;;/h2*3-4,7H,1-2,5H2;1-2H2;2*1H;/q;;;;;+2/p-2. The van der Waals surface area contributed by atoms with Gasteiger partial charge in [0.05, 0.1) is 0 Å². The Kier molecular flexibility index (Phi) is 5.13. The van der Waals surface area contributed by atoms with Gasteiger partial charge >= 0.3 is 132 Å². The Morgan fingerprint density at radius 3 is 1.57 bits per heavy atom. The van der Waals surface area contributed by atoms with Crippen LogP contribution in [0.2, 0.25) is 8.26 Å². The molecule has 4 aliphatic carbocycles. The zero-order valence-corrected chi connectivity index (χ0v) is 17.3. The van der Waals surface area contributed by atoms with Gasteiger partial charge < -0.3 is 24.8 Å². The quantitative estimate of drug-likeness (QED) is 0.579. The van der Waals surface area contributed by atoms with Crippen molar-refractivity contribution in [3.8, 4) is 0 Å². The Labute approximate surface area is 156 Å². The number of hydrogen-bond donors (Lipinski definition) is 0. The van der Waals surface area contributed by atoms with E-state index in [1.807, 2.05) is 6.56 Å². The summed E-state index contributed by atoms with van der Waals surface area (Å²) in [6, 6.07) is 0. The summed E-state index contributed by atoms with van der Waals surface area (Å²) < 4.78 is 6.82. The fourth-order valence-electron chi connectivity index (χ4n) is 4.71. The van der Waals surface area contributed by atoms with Crippen LogP contribution in [-0.2, 0) is 20.3 Å². The maximum atomic E-state index is 2.56. The molecule has 3 heteroatoms. The summed E-state index contributed by atoms with van der Waals surface area (Å²) in [7, 11) is 0. The van der Waals surface area contributed by atoms with Gasteiger partial charge in [-0.25, -0.2) is 0 Å². The molecule has 0 atom stereocenters. The van der Waals surface area contributed by atoms with Gasteiger partial charge in [0.15, 0.2) is 0 Å². The fraction of sp³-hybridized carbons (Fsp3) is 0.400. The summed E-state index contributed by atoms with van der Waals surface area (Å²) in [6.07, 6.45) is 23.1. The molecule has 1 aliphatic heterocycles.